The fraction of sp³-hybridized carbons (Fsp3) is 0.562. The van der Waals surface area contributed by atoms with Crippen molar-refractivity contribution in [3.05, 3.63) is 33.8 Å². The molecule has 1 aromatic rings. The summed E-state index contributed by atoms with van der Waals surface area (Å²) in [6.45, 7) is 5.47. The summed E-state index contributed by atoms with van der Waals surface area (Å²) in [5, 5.41) is 3.64. The molecule has 2 rings (SSSR count). The summed E-state index contributed by atoms with van der Waals surface area (Å²) in [5.41, 5.74) is 1.75. The van der Waals surface area contributed by atoms with Crippen molar-refractivity contribution in [3.63, 3.8) is 0 Å². The number of rotatable bonds is 4. The lowest BCUT2D eigenvalue weighted by molar-refractivity contribution is 0.0600. The van der Waals surface area contributed by atoms with E-state index in [1.54, 1.807) is 0 Å². The van der Waals surface area contributed by atoms with Crippen molar-refractivity contribution in [2.45, 2.75) is 39.3 Å². The van der Waals surface area contributed by atoms with Crippen molar-refractivity contribution < 1.29 is 9.53 Å². The van der Waals surface area contributed by atoms with Gasteiger partial charge in [-0.3, -0.25) is 0 Å². The van der Waals surface area contributed by atoms with Crippen molar-refractivity contribution in [2.75, 3.05) is 7.11 Å². The Balaban J connectivity index is 1.98. The number of hydrogen-bond donors (Lipinski definition) is 1. The van der Waals surface area contributed by atoms with Gasteiger partial charge in [-0.1, -0.05) is 35.8 Å². The van der Waals surface area contributed by atoms with E-state index in [1.807, 2.05) is 18.2 Å². The third-order valence-corrected chi connectivity index (χ3v) is 5.23. The van der Waals surface area contributed by atoms with Crippen LogP contribution in [0.25, 0.3) is 0 Å². The molecule has 110 valence electrons. The normalized spacial score (nSPS) is 25.7. The first-order valence-electron chi connectivity index (χ1n) is 7.13. The molecule has 0 amide bonds. The second-order valence-corrected chi connectivity index (χ2v) is 6.55. The van der Waals surface area contributed by atoms with E-state index in [9.17, 15) is 4.79 Å². The van der Waals surface area contributed by atoms with Crippen LogP contribution in [0.3, 0.4) is 0 Å². The number of methoxy groups -OCH3 is 1. The van der Waals surface area contributed by atoms with E-state index in [0.29, 0.717) is 11.6 Å². The number of ether oxygens (including phenoxy) is 1. The number of halogens is 1. The molecule has 0 bridgehead atoms. The fourth-order valence-corrected chi connectivity index (χ4v) is 3.35. The van der Waals surface area contributed by atoms with Gasteiger partial charge in [0.25, 0.3) is 0 Å². The number of carbonyl (C=O) groups excluding carboxylic acids is 1. The predicted octanol–water partition coefficient (Wildman–Crippen LogP) is 3.76. The zero-order chi connectivity index (χ0) is 14.7. The number of benzene rings is 1. The molecule has 0 aromatic heterocycles. The molecular formula is C16H22BrNO2. The molecule has 0 spiro atoms. The highest BCUT2D eigenvalue weighted by Crippen LogP contribution is 2.31. The Morgan fingerprint density at radius 2 is 2.15 bits per heavy atom. The van der Waals surface area contributed by atoms with E-state index in [4.69, 9.17) is 4.74 Å². The Labute approximate surface area is 129 Å². The van der Waals surface area contributed by atoms with Crippen LogP contribution in [0.2, 0.25) is 0 Å². The smallest absolute Gasteiger partial charge is 0.337 e. The lowest BCUT2D eigenvalue weighted by Gasteiger charge is -2.20. The minimum atomic E-state index is -0.302. The molecule has 1 aliphatic rings. The fourth-order valence-electron chi connectivity index (χ4n) is 2.83. The van der Waals surface area contributed by atoms with E-state index in [1.165, 1.54) is 25.5 Å². The minimum Gasteiger partial charge on any atom is -0.465 e. The number of nitrogens with one attached hydrogen (secondary N) is 1. The maximum Gasteiger partial charge on any atom is 0.337 e. The molecule has 0 saturated heterocycles. The van der Waals surface area contributed by atoms with Crippen LogP contribution in [-0.4, -0.2) is 19.1 Å². The van der Waals surface area contributed by atoms with Crippen LogP contribution in [0.5, 0.6) is 0 Å². The van der Waals surface area contributed by atoms with Gasteiger partial charge in [0.05, 0.1) is 12.7 Å². The third-order valence-electron chi connectivity index (χ3n) is 4.49. The van der Waals surface area contributed by atoms with E-state index < -0.39 is 0 Å². The Kier molecular flexibility index (Phi) is 5.22. The minimum absolute atomic E-state index is 0.302. The van der Waals surface area contributed by atoms with Gasteiger partial charge in [-0.25, -0.2) is 4.79 Å². The van der Waals surface area contributed by atoms with Crippen LogP contribution in [-0.2, 0) is 11.3 Å². The monoisotopic (exact) mass is 339 g/mol. The summed E-state index contributed by atoms with van der Waals surface area (Å²) < 4.78 is 5.67. The molecule has 3 nitrogen and oxygen atoms in total. The number of esters is 1. The summed E-state index contributed by atoms with van der Waals surface area (Å²) in [6, 6.07) is 6.21. The molecule has 1 aliphatic carbocycles. The molecule has 1 fully saturated rings. The van der Waals surface area contributed by atoms with Gasteiger partial charge >= 0.3 is 5.97 Å². The van der Waals surface area contributed by atoms with Gasteiger partial charge in [-0.2, -0.15) is 0 Å². The van der Waals surface area contributed by atoms with E-state index in [2.05, 4.69) is 35.1 Å². The maximum atomic E-state index is 11.5. The van der Waals surface area contributed by atoms with E-state index >= 15 is 0 Å². The van der Waals surface area contributed by atoms with Gasteiger partial charge < -0.3 is 10.1 Å². The van der Waals surface area contributed by atoms with E-state index in [0.717, 1.165) is 22.9 Å². The second-order valence-electron chi connectivity index (χ2n) is 5.70. The van der Waals surface area contributed by atoms with Crippen LogP contribution in [0.1, 0.15) is 42.6 Å². The average Bonchev–Trinajstić information content (AvgIpc) is 2.76. The second kappa shape index (κ2) is 6.72. The quantitative estimate of drug-likeness (QED) is 0.848. The van der Waals surface area contributed by atoms with E-state index in [-0.39, 0.29) is 5.97 Å². The molecule has 0 radical (unpaired) electrons. The largest absolute Gasteiger partial charge is 0.465 e. The molecule has 3 unspecified atom stereocenters. The van der Waals surface area contributed by atoms with Gasteiger partial charge in [0.1, 0.15) is 0 Å². The van der Waals surface area contributed by atoms with Gasteiger partial charge in [0, 0.05) is 17.1 Å². The van der Waals surface area contributed by atoms with Crippen molar-refractivity contribution in [3.8, 4) is 0 Å². The standard InChI is InChI=1S/C16H22BrNO2/c1-10-4-7-15(11(10)2)18-9-13-6-5-12(8-14(13)17)16(19)20-3/h5-6,8,10-11,15,18H,4,7,9H2,1-3H3. The van der Waals surface area contributed by atoms with Crippen LogP contribution < -0.4 is 5.32 Å². The summed E-state index contributed by atoms with van der Waals surface area (Å²) >= 11 is 3.53. The summed E-state index contributed by atoms with van der Waals surface area (Å²) in [4.78, 5) is 11.5. The molecule has 20 heavy (non-hydrogen) atoms. The third kappa shape index (κ3) is 3.41. The molecule has 3 atom stereocenters. The molecule has 0 aliphatic heterocycles. The van der Waals surface area contributed by atoms with Crippen LogP contribution in [0.4, 0.5) is 0 Å². The van der Waals surface area contributed by atoms with Gasteiger partial charge in [0.15, 0.2) is 0 Å². The zero-order valence-electron chi connectivity index (χ0n) is 12.3. The number of hydrogen-bond acceptors (Lipinski definition) is 3. The van der Waals surface area contributed by atoms with Gasteiger partial charge in [0.2, 0.25) is 0 Å². The highest BCUT2D eigenvalue weighted by molar-refractivity contribution is 9.10. The molecule has 0 heterocycles. The predicted molar refractivity (Wildman–Crippen MR) is 83.7 cm³/mol. The first-order chi connectivity index (χ1) is 9.52. The Hall–Kier alpha value is -0.870. The Morgan fingerprint density at radius 3 is 2.70 bits per heavy atom. The Morgan fingerprint density at radius 1 is 1.40 bits per heavy atom. The lowest BCUT2D eigenvalue weighted by atomic mass is 9.97. The first kappa shape index (κ1) is 15.5. The van der Waals surface area contributed by atoms with Crippen molar-refractivity contribution in [2.24, 2.45) is 11.8 Å². The Bertz CT molecular complexity index is 489. The summed E-state index contributed by atoms with van der Waals surface area (Å²) in [5.74, 6) is 1.23. The molecule has 1 saturated carbocycles. The molecule has 4 heteroatoms. The summed E-state index contributed by atoms with van der Waals surface area (Å²) in [7, 11) is 1.40. The average molecular weight is 340 g/mol. The van der Waals surface area contributed by atoms with Gasteiger partial charge in [-0.15, -0.1) is 0 Å². The molecule has 1 N–H and O–H groups in total. The van der Waals surface area contributed by atoms with Gasteiger partial charge in [-0.05, 0) is 42.4 Å². The topological polar surface area (TPSA) is 38.3 Å². The lowest BCUT2D eigenvalue weighted by Crippen LogP contribution is -2.32. The highest BCUT2D eigenvalue weighted by Gasteiger charge is 2.29. The van der Waals surface area contributed by atoms with Crippen molar-refractivity contribution in [1.29, 1.82) is 0 Å². The number of carbonyl (C=O) groups is 1. The SMILES string of the molecule is COC(=O)c1ccc(CNC2CCC(C)C2C)c(Br)c1. The first-order valence-corrected chi connectivity index (χ1v) is 7.92. The molecular weight excluding hydrogens is 318 g/mol. The van der Waals surface area contributed by atoms with Crippen molar-refractivity contribution >= 4 is 21.9 Å². The molecule has 1 aromatic carbocycles. The van der Waals surface area contributed by atoms with Crippen molar-refractivity contribution in [1.82, 2.24) is 5.32 Å². The van der Waals surface area contributed by atoms with Crippen LogP contribution >= 0.6 is 15.9 Å². The maximum absolute atomic E-state index is 11.5. The van der Waals surface area contributed by atoms with Crippen LogP contribution in [0, 0.1) is 11.8 Å². The summed E-state index contributed by atoms with van der Waals surface area (Å²) in [6.07, 6.45) is 2.56. The van der Waals surface area contributed by atoms with Crippen LogP contribution in [0.15, 0.2) is 22.7 Å². The zero-order valence-corrected chi connectivity index (χ0v) is 13.9. The highest BCUT2D eigenvalue weighted by atomic mass is 79.9.